The molecule has 0 bridgehead atoms. The van der Waals surface area contributed by atoms with Crippen LogP contribution in [-0.4, -0.2) is 42.6 Å². The Kier molecular flexibility index (Phi) is 5.60. The van der Waals surface area contributed by atoms with Gasteiger partial charge in [0.1, 0.15) is 0 Å². The van der Waals surface area contributed by atoms with Gasteiger partial charge in [-0.15, -0.1) is 5.10 Å². The molecule has 0 fully saturated rings. The summed E-state index contributed by atoms with van der Waals surface area (Å²) in [5, 5.41) is 21.0. The van der Waals surface area contributed by atoms with Crippen LogP contribution in [0.5, 0.6) is 0 Å². The van der Waals surface area contributed by atoms with E-state index in [1.807, 2.05) is 14.0 Å². The van der Waals surface area contributed by atoms with Crippen molar-refractivity contribution < 1.29 is 0 Å². The second-order valence-electron chi connectivity index (χ2n) is 5.05. The number of aromatic nitrogens is 6. The summed E-state index contributed by atoms with van der Waals surface area (Å²) in [7, 11) is 1.89. The average Bonchev–Trinajstić information content (AvgIpc) is 2.94. The molecule has 0 radical (unpaired) electrons. The molecular weight excluding hydrogens is 310 g/mol. The highest BCUT2D eigenvalue weighted by atomic mass is 35.5. The van der Waals surface area contributed by atoms with E-state index in [1.165, 1.54) is 0 Å². The van der Waals surface area contributed by atoms with Crippen LogP contribution < -0.4 is 5.32 Å². The smallest absolute Gasteiger partial charge is 0.209 e. The molecule has 0 aliphatic rings. The van der Waals surface area contributed by atoms with Gasteiger partial charge in [0.25, 0.3) is 0 Å². The Labute approximate surface area is 133 Å². The molecule has 2 rings (SSSR count). The largest absolute Gasteiger partial charge is 0.313 e. The van der Waals surface area contributed by atoms with E-state index >= 15 is 0 Å². The minimum atomic E-state index is 0.453. The Morgan fingerprint density at radius 2 is 2.14 bits per heavy atom. The second-order valence-corrected chi connectivity index (χ2v) is 6.37. The molecule has 0 unspecified atom stereocenters. The van der Waals surface area contributed by atoms with Gasteiger partial charge in [-0.2, -0.15) is 5.10 Å². The number of nitrogens with one attached hydrogen (secondary N) is 1. The summed E-state index contributed by atoms with van der Waals surface area (Å²) in [6.45, 7) is 7.70. The van der Waals surface area contributed by atoms with Crippen LogP contribution in [0.15, 0.2) is 5.16 Å². The van der Waals surface area contributed by atoms with Crippen LogP contribution in [0.2, 0.25) is 5.02 Å². The zero-order chi connectivity index (χ0) is 15.4. The molecule has 1 N–H and O–H groups in total. The Hall–Kier alpha value is -1.12. The van der Waals surface area contributed by atoms with Crippen molar-refractivity contribution in [3.05, 3.63) is 16.4 Å². The number of hydrogen-bond donors (Lipinski definition) is 1. The zero-order valence-corrected chi connectivity index (χ0v) is 14.2. The van der Waals surface area contributed by atoms with Gasteiger partial charge in [0.15, 0.2) is 0 Å². The second kappa shape index (κ2) is 7.24. The van der Waals surface area contributed by atoms with Crippen molar-refractivity contribution in [3.8, 4) is 0 Å². The first-order valence-corrected chi connectivity index (χ1v) is 8.15. The van der Waals surface area contributed by atoms with Gasteiger partial charge in [-0.05, 0) is 17.4 Å². The third-order valence-corrected chi connectivity index (χ3v) is 4.43. The molecule has 2 heterocycles. The fourth-order valence-corrected chi connectivity index (χ4v) is 3.14. The number of tetrazole rings is 1. The third kappa shape index (κ3) is 4.18. The minimum Gasteiger partial charge on any atom is -0.313 e. The number of hydrogen-bond acceptors (Lipinski definition) is 6. The van der Waals surface area contributed by atoms with Gasteiger partial charge in [-0.25, -0.2) is 4.68 Å². The van der Waals surface area contributed by atoms with Crippen LogP contribution in [0.1, 0.15) is 25.2 Å². The van der Waals surface area contributed by atoms with Crippen molar-refractivity contribution in [3.63, 3.8) is 0 Å². The number of halogens is 1. The van der Waals surface area contributed by atoms with E-state index in [-0.39, 0.29) is 0 Å². The number of nitrogens with zero attached hydrogens (tertiary/aromatic N) is 6. The molecule has 0 spiro atoms. The van der Waals surface area contributed by atoms with E-state index in [1.54, 1.807) is 21.1 Å². The monoisotopic (exact) mass is 329 g/mol. The molecule has 9 heteroatoms. The molecule has 7 nitrogen and oxygen atoms in total. The summed E-state index contributed by atoms with van der Waals surface area (Å²) in [5.74, 6) is 0.689. The molecular formula is C12H20ClN7S. The molecule has 0 aliphatic carbocycles. The quantitative estimate of drug-likeness (QED) is 0.779. The minimum absolute atomic E-state index is 0.453. The standard InChI is InChI=1S/C12H20ClN7S/c1-8(2)14-5-6-20-12(15-17-18-20)21-7-10-11(13)9(3)16-19(10)4/h8,14H,5-7H2,1-4H3. The first-order chi connectivity index (χ1) is 9.99. The normalized spacial score (nSPS) is 11.5. The highest BCUT2D eigenvalue weighted by molar-refractivity contribution is 7.98. The molecule has 0 aromatic carbocycles. The first kappa shape index (κ1) is 16.3. The van der Waals surface area contributed by atoms with Crippen molar-refractivity contribution in [1.29, 1.82) is 0 Å². The molecule has 0 atom stereocenters. The van der Waals surface area contributed by atoms with E-state index in [0.29, 0.717) is 16.8 Å². The number of rotatable bonds is 7. The Morgan fingerprint density at radius 3 is 2.76 bits per heavy atom. The summed E-state index contributed by atoms with van der Waals surface area (Å²) in [6, 6.07) is 0.453. The molecule has 0 saturated carbocycles. The Morgan fingerprint density at radius 1 is 1.38 bits per heavy atom. The maximum absolute atomic E-state index is 6.25. The molecule has 0 aliphatic heterocycles. The van der Waals surface area contributed by atoms with Crippen LogP contribution >= 0.6 is 23.4 Å². The van der Waals surface area contributed by atoms with Gasteiger partial charge in [0, 0.05) is 25.4 Å². The van der Waals surface area contributed by atoms with Gasteiger partial charge in [-0.1, -0.05) is 37.2 Å². The SMILES string of the molecule is Cc1nn(C)c(CSc2nnnn2CCNC(C)C)c1Cl. The van der Waals surface area contributed by atoms with Crippen LogP contribution in [0.4, 0.5) is 0 Å². The number of thioether (sulfide) groups is 1. The van der Waals surface area contributed by atoms with E-state index in [0.717, 1.165) is 29.6 Å². The van der Waals surface area contributed by atoms with Crippen LogP contribution in [0.25, 0.3) is 0 Å². The third-order valence-electron chi connectivity index (χ3n) is 2.97. The van der Waals surface area contributed by atoms with E-state index in [4.69, 9.17) is 11.6 Å². The lowest BCUT2D eigenvalue weighted by molar-refractivity contribution is 0.485. The molecule has 21 heavy (non-hydrogen) atoms. The van der Waals surface area contributed by atoms with Crippen molar-refractivity contribution >= 4 is 23.4 Å². The average molecular weight is 330 g/mol. The Bertz CT molecular complexity index is 592. The van der Waals surface area contributed by atoms with Gasteiger partial charge in [-0.3, -0.25) is 4.68 Å². The molecule has 2 aromatic rings. The topological polar surface area (TPSA) is 73.5 Å². The Balaban J connectivity index is 1.96. The van der Waals surface area contributed by atoms with Crippen molar-refractivity contribution in [2.75, 3.05) is 6.54 Å². The van der Waals surface area contributed by atoms with E-state index < -0.39 is 0 Å². The van der Waals surface area contributed by atoms with Crippen molar-refractivity contribution in [1.82, 2.24) is 35.3 Å². The van der Waals surface area contributed by atoms with Crippen LogP contribution in [0, 0.1) is 6.92 Å². The maximum Gasteiger partial charge on any atom is 0.209 e. The predicted molar refractivity (Wildman–Crippen MR) is 83.5 cm³/mol. The lowest BCUT2D eigenvalue weighted by Gasteiger charge is -2.08. The van der Waals surface area contributed by atoms with E-state index in [2.05, 4.69) is 39.8 Å². The van der Waals surface area contributed by atoms with Crippen LogP contribution in [-0.2, 0) is 19.3 Å². The van der Waals surface area contributed by atoms with Crippen molar-refractivity contribution in [2.45, 2.75) is 44.3 Å². The van der Waals surface area contributed by atoms with Crippen molar-refractivity contribution in [2.24, 2.45) is 7.05 Å². The molecule has 0 saturated heterocycles. The lowest BCUT2D eigenvalue weighted by Crippen LogP contribution is -2.27. The lowest BCUT2D eigenvalue weighted by atomic mass is 10.4. The van der Waals surface area contributed by atoms with Gasteiger partial charge >= 0.3 is 0 Å². The fourth-order valence-electron chi connectivity index (χ4n) is 1.87. The fraction of sp³-hybridized carbons (Fsp3) is 0.667. The number of aryl methyl sites for hydroxylation is 2. The zero-order valence-electron chi connectivity index (χ0n) is 12.7. The summed E-state index contributed by atoms with van der Waals surface area (Å²) in [4.78, 5) is 0. The summed E-state index contributed by atoms with van der Waals surface area (Å²) >= 11 is 7.81. The summed E-state index contributed by atoms with van der Waals surface area (Å²) in [6.07, 6.45) is 0. The highest BCUT2D eigenvalue weighted by Crippen LogP contribution is 2.26. The molecule has 2 aromatic heterocycles. The van der Waals surface area contributed by atoms with Crippen LogP contribution in [0.3, 0.4) is 0 Å². The van der Waals surface area contributed by atoms with Gasteiger partial charge in [0.2, 0.25) is 5.16 Å². The first-order valence-electron chi connectivity index (χ1n) is 6.79. The molecule has 116 valence electrons. The van der Waals surface area contributed by atoms with Gasteiger partial charge in [0.05, 0.1) is 23.0 Å². The molecule has 0 amide bonds. The summed E-state index contributed by atoms with van der Waals surface area (Å²) < 4.78 is 3.61. The summed E-state index contributed by atoms with van der Waals surface area (Å²) in [5.41, 5.74) is 1.82. The highest BCUT2D eigenvalue weighted by Gasteiger charge is 2.14. The van der Waals surface area contributed by atoms with E-state index in [9.17, 15) is 0 Å². The van der Waals surface area contributed by atoms with Gasteiger partial charge < -0.3 is 5.32 Å². The predicted octanol–water partition coefficient (Wildman–Crippen LogP) is 1.66. The maximum atomic E-state index is 6.25.